The summed E-state index contributed by atoms with van der Waals surface area (Å²) in [4.78, 5) is 1.59. The molecule has 2 aromatic carbocycles. The minimum absolute atomic E-state index is 0.228. The molecule has 0 fully saturated rings. The third-order valence-corrected chi connectivity index (χ3v) is 3.46. The number of hydrogen-bond acceptors (Lipinski definition) is 7. The van der Waals surface area contributed by atoms with Gasteiger partial charge in [-0.2, -0.15) is 15.3 Å². The molecule has 2 aromatic heterocycles. The normalized spacial score (nSPS) is 11.4. The van der Waals surface area contributed by atoms with Crippen molar-refractivity contribution < 1.29 is 0 Å². The van der Waals surface area contributed by atoms with Crippen LogP contribution in [0.25, 0.3) is 22.3 Å². The maximum absolute atomic E-state index is 9.17. The molecule has 4 aromatic rings. The Morgan fingerprint density at radius 2 is 1.96 bits per heavy atom. The molecule has 9 heteroatoms. The zero-order valence-electron chi connectivity index (χ0n) is 12.8. The molecule has 0 unspecified atom stereocenters. The summed E-state index contributed by atoms with van der Waals surface area (Å²) in [6.45, 7) is 0. The van der Waals surface area contributed by atoms with Gasteiger partial charge in [0.1, 0.15) is 22.7 Å². The Morgan fingerprint density at radius 3 is 2.72 bits per heavy atom. The minimum Gasteiger partial charge on any atom is -0.360 e. The number of aromatic nitrogens is 7. The lowest BCUT2D eigenvalue weighted by atomic mass is 10.2. The van der Waals surface area contributed by atoms with Gasteiger partial charge in [0.05, 0.1) is 5.69 Å². The Balaban J connectivity index is 1.62. The average molecular weight is 329 g/mol. The zero-order valence-corrected chi connectivity index (χ0v) is 12.8. The van der Waals surface area contributed by atoms with Crippen molar-refractivity contribution in [3.05, 3.63) is 60.6 Å². The second-order valence-electron chi connectivity index (χ2n) is 5.08. The fourth-order valence-corrected chi connectivity index (χ4v) is 2.26. The number of anilines is 1. The number of hydrogen-bond donors (Lipinski definition) is 2. The van der Waals surface area contributed by atoms with Crippen LogP contribution in [-0.4, -0.2) is 35.6 Å². The maximum atomic E-state index is 9.17. The molecule has 2 heterocycles. The Labute approximate surface area is 141 Å². The maximum Gasteiger partial charge on any atom is 0.216 e. The molecule has 0 spiro atoms. The van der Waals surface area contributed by atoms with Gasteiger partial charge in [0.2, 0.25) is 5.82 Å². The van der Waals surface area contributed by atoms with Crippen LogP contribution >= 0.6 is 0 Å². The molecule has 120 valence electrons. The molecule has 0 aliphatic heterocycles. The third kappa shape index (κ3) is 2.91. The molecule has 0 atom stereocenters. The van der Waals surface area contributed by atoms with E-state index in [0.717, 1.165) is 22.4 Å². The quantitative estimate of drug-likeness (QED) is 0.548. The molecular formula is C16H11N9. The number of allylic oxidation sites excluding steroid dienone is 1. The standard InChI is InChI=1S/C16H11N9/c17-9-11(16-19-23-24-20-16)10-18-12-6-7-14-15(8-12)22-25(21-14)13-4-2-1-3-5-13/h1-8,10,18H,(H,19,20,23,24). The van der Waals surface area contributed by atoms with Crippen molar-refractivity contribution in [2.75, 3.05) is 5.32 Å². The zero-order chi connectivity index (χ0) is 17.1. The Hall–Kier alpha value is -4.06. The summed E-state index contributed by atoms with van der Waals surface area (Å²) in [6, 6.07) is 17.3. The SMILES string of the molecule is N#CC(=CNc1ccc2nn(-c3ccccc3)nc2c1)c1nn[nH]n1. The monoisotopic (exact) mass is 329 g/mol. The van der Waals surface area contributed by atoms with Gasteiger partial charge in [-0.15, -0.1) is 20.4 Å². The van der Waals surface area contributed by atoms with Crippen LogP contribution in [0, 0.1) is 11.3 Å². The van der Waals surface area contributed by atoms with Gasteiger partial charge < -0.3 is 5.32 Å². The second-order valence-corrected chi connectivity index (χ2v) is 5.08. The second kappa shape index (κ2) is 6.21. The van der Waals surface area contributed by atoms with E-state index in [9.17, 15) is 5.26 Å². The van der Waals surface area contributed by atoms with E-state index in [1.165, 1.54) is 6.20 Å². The molecular weight excluding hydrogens is 318 g/mol. The van der Waals surface area contributed by atoms with Gasteiger partial charge in [0.25, 0.3) is 0 Å². The van der Waals surface area contributed by atoms with Crippen molar-refractivity contribution >= 4 is 22.3 Å². The van der Waals surface area contributed by atoms with Gasteiger partial charge in [-0.05, 0) is 35.5 Å². The van der Waals surface area contributed by atoms with Crippen LogP contribution in [0.15, 0.2) is 54.7 Å². The van der Waals surface area contributed by atoms with Crippen LogP contribution in [0.1, 0.15) is 5.82 Å². The molecule has 0 aliphatic carbocycles. The van der Waals surface area contributed by atoms with E-state index >= 15 is 0 Å². The van der Waals surface area contributed by atoms with E-state index in [2.05, 4.69) is 36.1 Å². The van der Waals surface area contributed by atoms with E-state index in [1.807, 2.05) is 54.6 Å². The third-order valence-electron chi connectivity index (χ3n) is 3.46. The Bertz CT molecular complexity index is 1070. The lowest BCUT2D eigenvalue weighted by Gasteiger charge is -2.00. The van der Waals surface area contributed by atoms with E-state index in [-0.39, 0.29) is 11.4 Å². The van der Waals surface area contributed by atoms with Gasteiger partial charge in [0, 0.05) is 11.9 Å². The lowest BCUT2D eigenvalue weighted by molar-refractivity contribution is 0.766. The number of para-hydroxylation sites is 1. The summed E-state index contributed by atoms with van der Waals surface area (Å²) >= 11 is 0. The number of aromatic amines is 1. The van der Waals surface area contributed by atoms with Crippen LogP contribution in [0.4, 0.5) is 5.69 Å². The van der Waals surface area contributed by atoms with Crippen molar-refractivity contribution in [2.24, 2.45) is 0 Å². The largest absolute Gasteiger partial charge is 0.360 e. The van der Waals surface area contributed by atoms with Gasteiger partial charge in [-0.3, -0.25) is 0 Å². The minimum atomic E-state index is 0.228. The molecule has 0 amide bonds. The highest BCUT2D eigenvalue weighted by Crippen LogP contribution is 2.18. The number of H-pyrrole nitrogens is 1. The van der Waals surface area contributed by atoms with Gasteiger partial charge in [-0.25, -0.2) is 0 Å². The predicted molar refractivity (Wildman–Crippen MR) is 90.3 cm³/mol. The molecule has 0 aliphatic rings. The highest BCUT2D eigenvalue weighted by Gasteiger charge is 2.07. The molecule has 0 radical (unpaired) electrons. The number of nitriles is 1. The summed E-state index contributed by atoms with van der Waals surface area (Å²) in [5, 5.41) is 34.5. The first-order valence-corrected chi connectivity index (χ1v) is 7.36. The number of fused-ring (bicyclic) bond motifs is 1. The van der Waals surface area contributed by atoms with Crippen molar-refractivity contribution in [3.63, 3.8) is 0 Å². The smallest absolute Gasteiger partial charge is 0.216 e. The highest BCUT2D eigenvalue weighted by molar-refractivity contribution is 5.80. The summed E-state index contributed by atoms with van der Waals surface area (Å²) in [6.07, 6.45) is 1.52. The first-order chi connectivity index (χ1) is 12.3. The van der Waals surface area contributed by atoms with E-state index in [4.69, 9.17) is 0 Å². The van der Waals surface area contributed by atoms with Crippen molar-refractivity contribution in [3.8, 4) is 11.8 Å². The van der Waals surface area contributed by atoms with Gasteiger partial charge in [0.15, 0.2) is 0 Å². The van der Waals surface area contributed by atoms with Crippen molar-refractivity contribution in [2.45, 2.75) is 0 Å². The van der Waals surface area contributed by atoms with E-state index in [1.54, 1.807) is 4.80 Å². The predicted octanol–water partition coefficient (Wildman–Crippen LogP) is 1.91. The van der Waals surface area contributed by atoms with Crippen molar-refractivity contribution in [1.82, 2.24) is 35.6 Å². The van der Waals surface area contributed by atoms with E-state index < -0.39 is 0 Å². The molecule has 4 rings (SSSR count). The molecule has 0 bridgehead atoms. The highest BCUT2D eigenvalue weighted by atomic mass is 15.5. The molecule has 0 saturated carbocycles. The average Bonchev–Trinajstić information content (AvgIpc) is 3.32. The summed E-state index contributed by atoms with van der Waals surface area (Å²) in [5.41, 5.74) is 3.43. The number of nitrogens with one attached hydrogen (secondary N) is 2. The van der Waals surface area contributed by atoms with Gasteiger partial charge in [-0.1, -0.05) is 18.2 Å². The van der Waals surface area contributed by atoms with E-state index in [0.29, 0.717) is 0 Å². The van der Waals surface area contributed by atoms with Crippen LogP contribution < -0.4 is 5.32 Å². The topological polar surface area (TPSA) is 121 Å². The number of tetrazole rings is 1. The lowest BCUT2D eigenvalue weighted by Crippen LogP contribution is -1.97. The number of rotatable bonds is 4. The summed E-state index contributed by atoms with van der Waals surface area (Å²) in [5.74, 6) is 0.228. The Kier molecular flexibility index (Phi) is 3.61. The number of nitrogens with zero attached hydrogens (tertiary/aromatic N) is 7. The number of benzene rings is 2. The first-order valence-electron chi connectivity index (χ1n) is 7.36. The van der Waals surface area contributed by atoms with Crippen LogP contribution in [0.3, 0.4) is 0 Å². The van der Waals surface area contributed by atoms with Crippen LogP contribution in [-0.2, 0) is 0 Å². The molecule has 9 nitrogen and oxygen atoms in total. The Morgan fingerprint density at radius 1 is 1.12 bits per heavy atom. The molecule has 2 N–H and O–H groups in total. The van der Waals surface area contributed by atoms with Gasteiger partial charge >= 0.3 is 0 Å². The fourth-order valence-electron chi connectivity index (χ4n) is 2.26. The summed E-state index contributed by atoms with van der Waals surface area (Å²) in [7, 11) is 0. The molecule has 0 saturated heterocycles. The summed E-state index contributed by atoms with van der Waals surface area (Å²) < 4.78 is 0. The van der Waals surface area contributed by atoms with Crippen molar-refractivity contribution in [1.29, 1.82) is 5.26 Å². The molecule has 25 heavy (non-hydrogen) atoms. The fraction of sp³-hybridized carbons (Fsp3) is 0. The van der Waals surface area contributed by atoms with Crippen LogP contribution in [0.5, 0.6) is 0 Å². The van der Waals surface area contributed by atoms with Crippen LogP contribution in [0.2, 0.25) is 0 Å². The first kappa shape index (κ1) is 14.5.